The van der Waals surface area contributed by atoms with Crippen molar-refractivity contribution >= 4 is 11.6 Å². The van der Waals surface area contributed by atoms with E-state index in [1.807, 2.05) is 37.4 Å². The lowest BCUT2D eigenvalue weighted by molar-refractivity contribution is 0.269. The number of halogens is 2. The maximum Gasteiger partial charge on any atom is 0.180 e. The van der Waals surface area contributed by atoms with Crippen LogP contribution < -0.4 is 14.8 Å². The average Bonchev–Trinajstić information content (AvgIpc) is 2.70. The van der Waals surface area contributed by atoms with Gasteiger partial charge in [0.25, 0.3) is 0 Å². The Morgan fingerprint density at radius 3 is 2.50 bits per heavy atom. The molecule has 1 heterocycles. The van der Waals surface area contributed by atoms with E-state index in [2.05, 4.69) is 10.3 Å². The first-order valence-electron chi connectivity index (χ1n) is 9.07. The molecule has 0 atom stereocenters. The van der Waals surface area contributed by atoms with Crippen molar-refractivity contribution in [3.63, 3.8) is 0 Å². The third kappa shape index (κ3) is 5.68. The van der Waals surface area contributed by atoms with E-state index in [0.717, 1.165) is 16.7 Å². The van der Waals surface area contributed by atoms with Crippen molar-refractivity contribution in [1.29, 1.82) is 0 Å². The molecular formula is C22H22ClFN2O2. The molecule has 0 saturated carbocycles. The molecule has 3 rings (SSSR count). The number of hydrogen-bond acceptors (Lipinski definition) is 4. The lowest BCUT2D eigenvalue weighted by atomic mass is 10.2. The number of nitrogens with one attached hydrogen (secondary N) is 1. The Balaban J connectivity index is 1.67. The van der Waals surface area contributed by atoms with Crippen LogP contribution in [0.25, 0.3) is 0 Å². The average molecular weight is 401 g/mol. The molecule has 0 aliphatic rings. The third-order valence-electron chi connectivity index (χ3n) is 4.05. The summed E-state index contributed by atoms with van der Waals surface area (Å²) in [7, 11) is 0. The van der Waals surface area contributed by atoms with E-state index in [1.54, 1.807) is 18.3 Å². The Kier molecular flexibility index (Phi) is 7.23. The van der Waals surface area contributed by atoms with Crippen LogP contribution >= 0.6 is 11.6 Å². The lowest BCUT2D eigenvalue weighted by Gasteiger charge is -2.16. The van der Waals surface area contributed by atoms with Gasteiger partial charge < -0.3 is 14.8 Å². The van der Waals surface area contributed by atoms with E-state index in [0.29, 0.717) is 36.2 Å². The summed E-state index contributed by atoms with van der Waals surface area (Å²) >= 11 is 6.45. The Bertz CT molecular complexity index is 889. The zero-order valence-electron chi connectivity index (χ0n) is 15.6. The van der Waals surface area contributed by atoms with Crippen LogP contribution in [0.15, 0.2) is 60.9 Å². The van der Waals surface area contributed by atoms with Crippen LogP contribution in [0.4, 0.5) is 4.39 Å². The zero-order chi connectivity index (χ0) is 19.8. The summed E-state index contributed by atoms with van der Waals surface area (Å²) in [6.07, 6.45) is 3.58. The van der Waals surface area contributed by atoms with Crippen molar-refractivity contribution in [3.8, 4) is 11.5 Å². The number of pyridine rings is 1. The van der Waals surface area contributed by atoms with Gasteiger partial charge in [-0.05, 0) is 53.9 Å². The van der Waals surface area contributed by atoms with Gasteiger partial charge >= 0.3 is 0 Å². The fourth-order valence-electron chi connectivity index (χ4n) is 2.72. The highest BCUT2D eigenvalue weighted by Crippen LogP contribution is 2.37. The van der Waals surface area contributed by atoms with E-state index < -0.39 is 0 Å². The summed E-state index contributed by atoms with van der Waals surface area (Å²) in [4.78, 5) is 4.11. The summed E-state index contributed by atoms with van der Waals surface area (Å²) in [6, 6.07) is 13.9. The quantitative estimate of drug-likeness (QED) is 0.540. The molecule has 0 fully saturated rings. The van der Waals surface area contributed by atoms with Gasteiger partial charge in [-0.25, -0.2) is 4.39 Å². The highest BCUT2D eigenvalue weighted by molar-refractivity contribution is 6.32. The predicted molar refractivity (Wildman–Crippen MR) is 108 cm³/mol. The monoisotopic (exact) mass is 400 g/mol. The molecule has 28 heavy (non-hydrogen) atoms. The van der Waals surface area contributed by atoms with Gasteiger partial charge in [-0.3, -0.25) is 4.98 Å². The fourth-order valence-corrected chi connectivity index (χ4v) is 3.00. The molecule has 0 spiro atoms. The molecule has 0 aliphatic heterocycles. The number of rotatable bonds is 9. The molecular weight excluding hydrogens is 379 g/mol. The van der Waals surface area contributed by atoms with Crippen molar-refractivity contribution in [2.24, 2.45) is 0 Å². The van der Waals surface area contributed by atoms with E-state index in [1.165, 1.54) is 12.1 Å². The summed E-state index contributed by atoms with van der Waals surface area (Å²) < 4.78 is 24.6. The normalized spacial score (nSPS) is 10.7. The molecule has 0 bridgehead atoms. The molecule has 2 aromatic carbocycles. The Labute approximate surface area is 169 Å². The molecule has 3 aromatic rings. The molecule has 1 aromatic heterocycles. The Morgan fingerprint density at radius 1 is 1.00 bits per heavy atom. The number of ether oxygens (including phenoxy) is 2. The highest BCUT2D eigenvalue weighted by atomic mass is 35.5. The van der Waals surface area contributed by atoms with E-state index in [4.69, 9.17) is 21.1 Å². The van der Waals surface area contributed by atoms with Crippen molar-refractivity contribution in [1.82, 2.24) is 10.3 Å². The smallest absolute Gasteiger partial charge is 0.180 e. The van der Waals surface area contributed by atoms with Crippen LogP contribution in [0, 0.1) is 5.82 Å². The summed E-state index contributed by atoms with van der Waals surface area (Å²) in [6.45, 7) is 4.02. The van der Waals surface area contributed by atoms with Crippen molar-refractivity contribution in [2.75, 3.05) is 6.61 Å². The van der Waals surface area contributed by atoms with Crippen LogP contribution in [-0.2, 0) is 19.7 Å². The Morgan fingerprint density at radius 2 is 1.79 bits per heavy atom. The fraction of sp³-hybridized carbons (Fsp3) is 0.227. The predicted octanol–water partition coefficient (Wildman–Crippen LogP) is 5.14. The SMILES string of the molecule is CCOc1cc(CNCc2cccnc2)cc(Cl)c1OCc1ccc(F)cc1. The molecule has 6 heteroatoms. The van der Waals surface area contributed by atoms with Gasteiger partial charge in [0.2, 0.25) is 0 Å². The van der Waals surface area contributed by atoms with Gasteiger partial charge in [0, 0.05) is 25.5 Å². The number of hydrogen-bond donors (Lipinski definition) is 1. The lowest BCUT2D eigenvalue weighted by Crippen LogP contribution is -2.13. The maximum absolute atomic E-state index is 13.0. The molecule has 0 saturated heterocycles. The van der Waals surface area contributed by atoms with Crippen LogP contribution in [0.3, 0.4) is 0 Å². The van der Waals surface area contributed by atoms with E-state index in [-0.39, 0.29) is 12.4 Å². The second kappa shape index (κ2) is 10.1. The number of benzene rings is 2. The first-order chi connectivity index (χ1) is 13.7. The summed E-state index contributed by atoms with van der Waals surface area (Å²) in [5.41, 5.74) is 2.95. The van der Waals surface area contributed by atoms with Gasteiger partial charge in [-0.2, -0.15) is 0 Å². The van der Waals surface area contributed by atoms with Gasteiger partial charge in [0.05, 0.1) is 11.6 Å². The topological polar surface area (TPSA) is 43.4 Å². The Hall–Kier alpha value is -2.63. The minimum absolute atomic E-state index is 0.276. The minimum atomic E-state index is -0.278. The molecule has 1 N–H and O–H groups in total. The summed E-state index contributed by atoms with van der Waals surface area (Å²) in [5, 5.41) is 3.84. The molecule has 0 amide bonds. The highest BCUT2D eigenvalue weighted by Gasteiger charge is 2.13. The number of nitrogens with zero attached hydrogens (tertiary/aromatic N) is 1. The molecule has 0 unspecified atom stereocenters. The van der Waals surface area contributed by atoms with E-state index in [9.17, 15) is 4.39 Å². The largest absolute Gasteiger partial charge is 0.490 e. The maximum atomic E-state index is 13.0. The van der Waals surface area contributed by atoms with Gasteiger partial charge in [0.1, 0.15) is 12.4 Å². The van der Waals surface area contributed by atoms with Crippen LogP contribution in [-0.4, -0.2) is 11.6 Å². The van der Waals surface area contributed by atoms with Crippen molar-refractivity contribution in [2.45, 2.75) is 26.6 Å². The molecule has 146 valence electrons. The third-order valence-corrected chi connectivity index (χ3v) is 4.33. The van der Waals surface area contributed by atoms with Gasteiger partial charge in [-0.15, -0.1) is 0 Å². The van der Waals surface area contributed by atoms with Crippen LogP contribution in [0.5, 0.6) is 11.5 Å². The zero-order valence-corrected chi connectivity index (χ0v) is 16.4. The molecule has 0 radical (unpaired) electrons. The van der Waals surface area contributed by atoms with Gasteiger partial charge in [0.15, 0.2) is 11.5 Å². The molecule has 4 nitrogen and oxygen atoms in total. The van der Waals surface area contributed by atoms with Crippen LogP contribution in [0.1, 0.15) is 23.6 Å². The van der Waals surface area contributed by atoms with Gasteiger partial charge in [-0.1, -0.05) is 29.8 Å². The second-order valence-corrected chi connectivity index (χ2v) is 6.63. The minimum Gasteiger partial charge on any atom is -0.490 e. The molecule has 0 aliphatic carbocycles. The summed E-state index contributed by atoms with van der Waals surface area (Å²) in [5.74, 6) is 0.805. The van der Waals surface area contributed by atoms with Crippen LogP contribution in [0.2, 0.25) is 5.02 Å². The first-order valence-corrected chi connectivity index (χ1v) is 9.45. The van der Waals surface area contributed by atoms with Crippen molar-refractivity contribution in [3.05, 3.63) is 88.5 Å². The standard InChI is InChI=1S/C22H22ClFN2O2/c1-2-27-21-11-18(14-26-13-17-4-3-9-25-12-17)10-20(23)22(21)28-15-16-5-7-19(24)8-6-16/h3-12,26H,2,13-15H2,1H3. The number of aromatic nitrogens is 1. The second-order valence-electron chi connectivity index (χ2n) is 6.22. The first kappa shape index (κ1) is 20.1. The van der Waals surface area contributed by atoms with Crippen molar-refractivity contribution < 1.29 is 13.9 Å². The van der Waals surface area contributed by atoms with E-state index >= 15 is 0 Å².